The highest BCUT2D eigenvalue weighted by Crippen LogP contribution is 2.32. The first kappa shape index (κ1) is 44.0. The van der Waals surface area contributed by atoms with Gasteiger partial charge in [-0.15, -0.1) is 0 Å². The van der Waals surface area contributed by atoms with Gasteiger partial charge in [-0.1, -0.05) is 0 Å². The minimum absolute atomic E-state index is 0.00394. The Bertz CT molecular complexity index is 1150. The molecule has 16 N–H and O–H groups in total. The van der Waals surface area contributed by atoms with Gasteiger partial charge in [-0.2, -0.15) is 0 Å². The van der Waals surface area contributed by atoms with E-state index in [9.17, 15) is 34.0 Å². The third kappa shape index (κ3) is 13.2. The van der Waals surface area contributed by atoms with E-state index < -0.39 is 91.7 Å². The molecule has 1 amide bonds. The summed E-state index contributed by atoms with van der Waals surface area (Å²) in [4.78, 5) is 21.2. The summed E-state index contributed by atoms with van der Waals surface area (Å²) in [6.07, 6.45) is -9.44. The number of carbonyl (C=O) groups excluding carboxylic acids is 1. The molecule has 0 bridgehead atoms. The van der Waals surface area contributed by atoms with Gasteiger partial charge < -0.3 is 83.0 Å². The van der Waals surface area contributed by atoms with Crippen molar-refractivity contribution in [1.29, 1.82) is 0 Å². The minimum Gasteiger partial charge on any atom is -0.467 e. The summed E-state index contributed by atoms with van der Waals surface area (Å²) in [6.45, 7) is 1.92. The summed E-state index contributed by atoms with van der Waals surface area (Å²) in [7, 11) is 1.56. The second kappa shape index (κ2) is 21.5. The minimum atomic E-state index is -2.61. The predicted molar refractivity (Wildman–Crippen MR) is 180 cm³/mol. The molecule has 0 radical (unpaired) electrons. The molecule has 52 heavy (non-hydrogen) atoms. The number of aliphatic hydroxyl groups excluding tert-OH is 3. The fraction of sp³-hybridized carbons (Fsp3) is 0.867. The molecule has 1 aliphatic carbocycles. The van der Waals surface area contributed by atoms with E-state index >= 15 is 0 Å². The number of carbonyl (C=O) groups is 1. The number of halogens is 2. The van der Waals surface area contributed by atoms with Crippen LogP contribution in [0.3, 0.4) is 0 Å². The van der Waals surface area contributed by atoms with Gasteiger partial charge in [0.15, 0.2) is 6.29 Å². The molecule has 2 aliphatic heterocycles. The number of aliphatic imine (C=N–C) groups is 1. The van der Waals surface area contributed by atoms with Gasteiger partial charge in [-0.05, 0) is 45.9 Å². The Morgan fingerprint density at radius 1 is 1.13 bits per heavy atom. The Morgan fingerprint density at radius 3 is 2.56 bits per heavy atom. The average molecular weight is 758 g/mol. The van der Waals surface area contributed by atoms with Crippen molar-refractivity contribution < 1.29 is 62.5 Å². The number of rotatable bonds is 20. The van der Waals surface area contributed by atoms with Crippen molar-refractivity contribution in [3.05, 3.63) is 11.8 Å². The van der Waals surface area contributed by atoms with Crippen molar-refractivity contribution >= 4 is 11.9 Å². The standard InChI is InChI=1S/C30H57F2N9O11/c1-30(46)14-48-28(22(44)25(30)37-2)52-24-18(40-26(45)19(42)5-6-33)11-17(35)23(21(24)43)51-27-16(34)4-3-15(50-27)12-38-7-8-47-9-10-49-41-29(36)39-13-20(31)32/h3,16-25,27-28,37-38,42-44,46H,4-14,33-35H2,1-2H3,(H,40,45)(H3,36,39,41)/t16-,17+,18-,19+,21+,22-,23-,24+,25-,27-,28-,30+/m1/s1. The van der Waals surface area contributed by atoms with E-state index in [0.29, 0.717) is 31.9 Å². The lowest BCUT2D eigenvalue weighted by Gasteiger charge is -2.48. The number of guanidine groups is 1. The summed E-state index contributed by atoms with van der Waals surface area (Å²) in [5, 5.41) is 52.2. The summed E-state index contributed by atoms with van der Waals surface area (Å²) in [5.41, 5.74) is 24.5. The molecule has 2 fully saturated rings. The first-order valence-corrected chi connectivity index (χ1v) is 17.2. The normalized spacial score (nSPS) is 34.8. The molecule has 0 aromatic heterocycles. The van der Waals surface area contributed by atoms with Crippen LogP contribution in [0.25, 0.3) is 0 Å². The molecule has 3 rings (SSSR count). The van der Waals surface area contributed by atoms with E-state index in [2.05, 4.69) is 26.4 Å². The lowest BCUT2D eigenvalue weighted by atomic mass is 9.83. The van der Waals surface area contributed by atoms with Crippen molar-refractivity contribution in [3.8, 4) is 0 Å². The zero-order chi connectivity index (χ0) is 38.4. The van der Waals surface area contributed by atoms with Crippen molar-refractivity contribution in [2.45, 2.75) is 105 Å². The number of hydroxylamine groups is 1. The van der Waals surface area contributed by atoms with Crippen LogP contribution < -0.4 is 44.4 Å². The van der Waals surface area contributed by atoms with Gasteiger partial charge in [0, 0.05) is 12.6 Å². The van der Waals surface area contributed by atoms with Crippen LogP contribution in [0.2, 0.25) is 0 Å². The molecular weight excluding hydrogens is 700 g/mol. The maximum absolute atomic E-state index is 12.8. The lowest BCUT2D eigenvalue weighted by Crippen LogP contribution is -2.69. The molecule has 0 unspecified atom stereocenters. The largest absolute Gasteiger partial charge is 0.467 e. The van der Waals surface area contributed by atoms with Crippen molar-refractivity contribution in [2.24, 2.45) is 27.9 Å². The van der Waals surface area contributed by atoms with E-state index in [-0.39, 0.29) is 45.2 Å². The predicted octanol–water partition coefficient (Wildman–Crippen LogP) is -5.24. The number of ether oxygens (including phenoxy) is 5. The maximum atomic E-state index is 12.8. The lowest BCUT2D eigenvalue weighted by molar-refractivity contribution is -0.304. The second-order valence-corrected chi connectivity index (χ2v) is 13.0. The molecule has 12 atom stereocenters. The Kier molecular flexibility index (Phi) is 18.2. The van der Waals surface area contributed by atoms with E-state index in [1.165, 1.54) is 6.92 Å². The Morgan fingerprint density at radius 2 is 1.87 bits per heavy atom. The zero-order valence-electron chi connectivity index (χ0n) is 29.4. The van der Waals surface area contributed by atoms with E-state index in [1.807, 2.05) is 0 Å². The molecule has 0 aromatic rings. The fourth-order valence-corrected chi connectivity index (χ4v) is 5.97. The Hall–Kier alpha value is -2.42. The van der Waals surface area contributed by atoms with Gasteiger partial charge in [0.25, 0.3) is 6.43 Å². The van der Waals surface area contributed by atoms with Gasteiger partial charge in [0.05, 0.1) is 51.1 Å². The van der Waals surface area contributed by atoms with Crippen LogP contribution in [-0.4, -0.2) is 171 Å². The molecule has 20 nitrogen and oxygen atoms in total. The van der Waals surface area contributed by atoms with Crippen molar-refractivity contribution in [2.75, 3.05) is 59.7 Å². The summed E-state index contributed by atoms with van der Waals surface area (Å²) >= 11 is 0. The molecule has 3 aliphatic rings. The van der Waals surface area contributed by atoms with E-state index in [4.69, 9.17) is 51.5 Å². The highest BCUT2D eigenvalue weighted by atomic mass is 19.3. The van der Waals surface area contributed by atoms with Crippen LogP contribution in [-0.2, 0) is 33.3 Å². The van der Waals surface area contributed by atoms with Crippen LogP contribution >= 0.6 is 0 Å². The number of amides is 1. The smallest absolute Gasteiger partial charge is 0.257 e. The number of nitrogens with two attached hydrogens (primary N) is 4. The van der Waals surface area contributed by atoms with Crippen LogP contribution in [0, 0.1) is 0 Å². The summed E-state index contributed by atoms with van der Waals surface area (Å²) in [6, 6.07) is -3.30. The van der Waals surface area contributed by atoms with Gasteiger partial charge in [-0.25, -0.2) is 19.3 Å². The highest BCUT2D eigenvalue weighted by Gasteiger charge is 2.52. The summed E-state index contributed by atoms with van der Waals surface area (Å²) in [5.74, 6) is -0.495. The van der Waals surface area contributed by atoms with Gasteiger partial charge in [-0.3, -0.25) is 9.63 Å². The average Bonchev–Trinajstić information content (AvgIpc) is 3.08. The van der Waals surface area contributed by atoms with Crippen molar-refractivity contribution in [3.63, 3.8) is 0 Å². The van der Waals surface area contributed by atoms with E-state index in [0.717, 1.165) is 0 Å². The molecular formula is C30H57F2N9O11. The molecule has 0 aromatic carbocycles. The van der Waals surface area contributed by atoms with Crippen LogP contribution in [0.1, 0.15) is 26.2 Å². The van der Waals surface area contributed by atoms with Gasteiger partial charge >= 0.3 is 0 Å². The molecule has 22 heteroatoms. The second-order valence-electron chi connectivity index (χ2n) is 13.0. The first-order valence-electron chi connectivity index (χ1n) is 17.2. The number of nitrogens with one attached hydrogen (secondary N) is 4. The third-order valence-electron chi connectivity index (χ3n) is 8.68. The molecule has 0 spiro atoms. The molecule has 1 saturated heterocycles. The highest BCUT2D eigenvalue weighted by molar-refractivity contribution is 5.80. The topological polar surface area (TPSA) is 318 Å². The quantitative estimate of drug-likeness (QED) is 0.0239. The van der Waals surface area contributed by atoms with Gasteiger partial charge in [0.2, 0.25) is 18.2 Å². The molecule has 1 saturated carbocycles. The Labute approximate surface area is 300 Å². The maximum Gasteiger partial charge on any atom is 0.257 e. The SMILES string of the molecule is CN[C@@H]1[C@@H](O)[C@@H](O[C@@H]2[C@@H](O)[C@H](O[C@H]3OC(CNCCOCCONC(N)=NCC(F)F)=CC[C@H]3N)[C@@H](N)C[C@H]2NC(=O)[C@@H](O)CCN)OC[C@]1(C)O. The zero-order valence-corrected chi connectivity index (χ0v) is 29.4. The monoisotopic (exact) mass is 757 g/mol. The van der Waals surface area contributed by atoms with E-state index in [1.54, 1.807) is 13.1 Å². The van der Waals surface area contributed by atoms with Gasteiger partial charge in [0.1, 0.15) is 48.4 Å². The van der Waals surface area contributed by atoms with Crippen LogP contribution in [0.4, 0.5) is 8.78 Å². The number of aliphatic hydroxyl groups is 4. The number of hydrogen-bond donors (Lipinski definition) is 12. The Balaban J connectivity index is 1.55. The molecule has 302 valence electrons. The summed E-state index contributed by atoms with van der Waals surface area (Å²) < 4.78 is 53.6. The fourth-order valence-electron chi connectivity index (χ4n) is 5.97. The van der Waals surface area contributed by atoms with Crippen molar-refractivity contribution in [1.82, 2.24) is 21.4 Å². The van der Waals surface area contributed by atoms with Crippen LogP contribution in [0.15, 0.2) is 16.8 Å². The number of alkyl halides is 2. The van der Waals surface area contributed by atoms with Crippen LogP contribution in [0.5, 0.6) is 0 Å². The first-order chi connectivity index (χ1) is 24.7. The molecule has 2 heterocycles. The number of likely N-dealkylation sites (N-methyl/N-ethyl adjacent to an activating group) is 1. The number of hydrogen-bond acceptors (Lipinski definition) is 17. The third-order valence-corrected chi connectivity index (χ3v) is 8.68. The number of nitrogens with zero attached hydrogens (tertiary/aromatic N) is 1.